The Morgan fingerprint density at radius 1 is 1.15 bits per heavy atom. The Balaban J connectivity index is 0.00000265. The normalized spacial score (nSPS) is 11.2. The molecular formula is C24H26ClF3N2O3. The Hall–Kier alpha value is -3.13. The monoisotopic (exact) mass is 482 g/mol. The van der Waals surface area contributed by atoms with Crippen LogP contribution in [0.3, 0.4) is 0 Å². The summed E-state index contributed by atoms with van der Waals surface area (Å²) in [6.45, 7) is 9.10. The zero-order chi connectivity index (χ0) is 25.0. The summed E-state index contributed by atoms with van der Waals surface area (Å²) in [5.41, 5.74) is 0.930. The molecule has 0 aliphatic carbocycles. The molecule has 1 amide bonds. The molecule has 0 atom stereocenters. The smallest absolute Gasteiger partial charge is 0.443 e. The minimum Gasteiger partial charge on any atom is -0.443 e. The maximum atomic E-state index is 12.9. The van der Waals surface area contributed by atoms with E-state index in [1.54, 1.807) is 30.4 Å². The largest absolute Gasteiger partial charge is 0.471 e. The second-order valence-electron chi connectivity index (χ2n) is 6.44. The number of carbonyl (C=O) groups excluding carboxylic acids is 2. The van der Waals surface area contributed by atoms with Crippen LogP contribution in [0.25, 0.3) is 0 Å². The van der Waals surface area contributed by atoms with Crippen molar-refractivity contribution in [2.24, 2.45) is 0 Å². The number of amides is 1. The van der Waals surface area contributed by atoms with Crippen molar-refractivity contribution in [1.29, 1.82) is 0 Å². The molecule has 33 heavy (non-hydrogen) atoms. The van der Waals surface area contributed by atoms with Crippen molar-refractivity contribution in [3.63, 3.8) is 0 Å². The Bertz CT molecular complexity index is 987. The van der Waals surface area contributed by atoms with Gasteiger partial charge in [-0.1, -0.05) is 56.3 Å². The van der Waals surface area contributed by atoms with Gasteiger partial charge in [-0.2, -0.15) is 13.2 Å². The predicted molar refractivity (Wildman–Crippen MR) is 122 cm³/mol. The number of allylic oxidation sites excluding steroid dienone is 3. The minimum atomic E-state index is -4.95. The SMILES string of the molecule is C=C(Cl)CC/C(=C\C)Oc1ncccc1C(=O)c1ccc(CNC(=O)C(F)(F)F)cc1.CC. The molecule has 1 aromatic carbocycles. The van der Waals surface area contributed by atoms with E-state index in [4.69, 9.17) is 16.3 Å². The van der Waals surface area contributed by atoms with Crippen LogP contribution in [0.5, 0.6) is 5.88 Å². The highest BCUT2D eigenvalue weighted by atomic mass is 35.5. The second kappa shape index (κ2) is 13.4. The van der Waals surface area contributed by atoms with Gasteiger partial charge in [0.25, 0.3) is 0 Å². The lowest BCUT2D eigenvalue weighted by molar-refractivity contribution is -0.173. The first-order valence-corrected chi connectivity index (χ1v) is 10.6. The number of carbonyl (C=O) groups is 2. The third-order valence-corrected chi connectivity index (χ3v) is 4.32. The summed E-state index contributed by atoms with van der Waals surface area (Å²) in [6, 6.07) is 9.01. The third-order valence-electron chi connectivity index (χ3n) is 4.13. The number of hydrogen-bond donors (Lipinski definition) is 1. The van der Waals surface area contributed by atoms with E-state index in [9.17, 15) is 22.8 Å². The van der Waals surface area contributed by atoms with Gasteiger partial charge in [0.2, 0.25) is 5.88 Å². The van der Waals surface area contributed by atoms with E-state index < -0.39 is 12.1 Å². The Labute approximate surface area is 196 Å². The molecule has 0 aliphatic rings. The number of aromatic nitrogens is 1. The first kappa shape index (κ1) is 27.9. The van der Waals surface area contributed by atoms with Gasteiger partial charge in [0.1, 0.15) is 5.76 Å². The van der Waals surface area contributed by atoms with E-state index in [0.717, 1.165) is 0 Å². The molecule has 0 fully saturated rings. The topological polar surface area (TPSA) is 68.3 Å². The van der Waals surface area contributed by atoms with Crippen molar-refractivity contribution in [2.75, 3.05) is 0 Å². The molecule has 2 aromatic rings. The summed E-state index contributed by atoms with van der Waals surface area (Å²) in [4.78, 5) is 28.0. The van der Waals surface area contributed by atoms with Crippen LogP contribution in [0, 0.1) is 0 Å². The van der Waals surface area contributed by atoms with Crippen LogP contribution in [0.1, 0.15) is 55.1 Å². The van der Waals surface area contributed by atoms with Gasteiger partial charge in [-0.15, -0.1) is 0 Å². The van der Waals surface area contributed by atoms with Crippen molar-refractivity contribution in [3.8, 4) is 5.88 Å². The fourth-order valence-corrected chi connectivity index (χ4v) is 2.59. The number of nitrogens with one attached hydrogen (secondary N) is 1. The second-order valence-corrected chi connectivity index (χ2v) is 6.97. The van der Waals surface area contributed by atoms with Crippen molar-refractivity contribution in [1.82, 2.24) is 10.3 Å². The molecule has 0 unspecified atom stereocenters. The Morgan fingerprint density at radius 3 is 2.33 bits per heavy atom. The average molecular weight is 483 g/mol. The lowest BCUT2D eigenvalue weighted by Gasteiger charge is -2.12. The van der Waals surface area contributed by atoms with Crippen LogP contribution in [0.15, 0.2) is 66.0 Å². The van der Waals surface area contributed by atoms with Gasteiger partial charge >= 0.3 is 12.1 Å². The molecule has 1 heterocycles. The van der Waals surface area contributed by atoms with Gasteiger partial charge in [-0.25, -0.2) is 4.98 Å². The van der Waals surface area contributed by atoms with Crippen LogP contribution in [0.2, 0.25) is 0 Å². The number of ketones is 1. The van der Waals surface area contributed by atoms with Gasteiger partial charge in [-0.05, 0) is 37.1 Å². The molecule has 0 radical (unpaired) electrons. The molecular weight excluding hydrogens is 457 g/mol. The minimum absolute atomic E-state index is 0.127. The summed E-state index contributed by atoms with van der Waals surface area (Å²) in [6.07, 6.45) is -0.723. The molecule has 1 N–H and O–H groups in total. The molecule has 0 saturated heterocycles. The summed E-state index contributed by atoms with van der Waals surface area (Å²) in [7, 11) is 0. The van der Waals surface area contributed by atoms with Gasteiger partial charge in [0.15, 0.2) is 5.78 Å². The molecule has 2 rings (SSSR count). The maximum Gasteiger partial charge on any atom is 0.471 e. The lowest BCUT2D eigenvalue weighted by Crippen LogP contribution is -2.36. The van der Waals surface area contributed by atoms with Crippen molar-refractivity contribution in [2.45, 2.75) is 46.3 Å². The molecule has 1 aromatic heterocycles. The highest BCUT2D eigenvalue weighted by Crippen LogP contribution is 2.24. The number of ether oxygens (including phenoxy) is 1. The number of nitrogens with zero attached hydrogens (tertiary/aromatic N) is 1. The molecule has 0 spiro atoms. The van der Waals surface area contributed by atoms with Crippen LogP contribution >= 0.6 is 11.6 Å². The van der Waals surface area contributed by atoms with E-state index >= 15 is 0 Å². The fraction of sp³-hybridized carbons (Fsp3) is 0.292. The highest BCUT2D eigenvalue weighted by Gasteiger charge is 2.38. The van der Waals surface area contributed by atoms with Gasteiger partial charge in [0.05, 0.1) is 5.56 Å². The molecule has 178 valence electrons. The number of pyridine rings is 1. The van der Waals surface area contributed by atoms with Crippen molar-refractivity contribution in [3.05, 3.63) is 82.7 Å². The van der Waals surface area contributed by atoms with Crippen LogP contribution in [-0.4, -0.2) is 22.9 Å². The van der Waals surface area contributed by atoms with Gasteiger partial charge < -0.3 is 10.1 Å². The van der Waals surface area contributed by atoms with Crippen LogP contribution in [-0.2, 0) is 11.3 Å². The zero-order valence-electron chi connectivity index (χ0n) is 18.6. The number of hydrogen-bond acceptors (Lipinski definition) is 4. The van der Waals surface area contributed by atoms with Crippen molar-refractivity contribution < 1.29 is 27.5 Å². The first-order valence-electron chi connectivity index (χ1n) is 10.2. The lowest BCUT2D eigenvalue weighted by atomic mass is 10.0. The van der Waals surface area contributed by atoms with Crippen LogP contribution < -0.4 is 10.1 Å². The molecule has 5 nitrogen and oxygen atoms in total. The predicted octanol–water partition coefficient (Wildman–Crippen LogP) is 6.33. The summed E-state index contributed by atoms with van der Waals surface area (Å²) in [5.74, 6) is -1.69. The summed E-state index contributed by atoms with van der Waals surface area (Å²) < 4.78 is 42.6. The van der Waals surface area contributed by atoms with E-state index in [2.05, 4.69) is 11.6 Å². The Morgan fingerprint density at radius 2 is 1.79 bits per heavy atom. The van der Waals surface area contributed by atoms with Gasteiger partial charge in [-0.3, -0.25) is 9.59 Å². The van der Waals surface area contributed by atoms with Crippen LogP contribution in [0.4, 0.5) is 13.2 Å². The van der Waals surface area contributed by atoms with Gasteiger partial charge in [0, 0.05) is 29.8 Å². The number of halogens is 4. The molecule has 0 saturated carbocycles. The first-order chi connectivity index (χ1) is 15.6. The van der Waals surface area contributed by atoms with E-state index in [1.165, 1.54) is 30.5 Å². The summed E-state index contributed by atoms with van der Waals surface area (Å²) in [5, 5.41) is 2.25. The molecule has 0 bridgehead atoms. The van der Waals surface area contributed by atoms with E-state index in [1.807, 2.05) is 13.8 Å². The highest BCUT2D eigenvalue weighted by molar-refractivity contribution is 6.29. The van der Waals surface area contributed by atoms with Crippen molar-refractivity contribution >= 4 is 23.3 Å². The standard InChI is InChI=1S/C22H20ClF3N2O3.C2H6/c1-3-17(11-6-14(2)23)31-20-18(5-4-12-27-20)19(29)16-9-7-15(8-10-16)13-28-21(30)22(24,25)26;1-2/h3-5,7-10,12H,2,6,11,13H2,1H3,(H,28,30);1-2H3/b17-3+;. The number of benzene rings is 1. The number of alkyl halides is 3. The third kappa shape index (κ3) is 9.10. The Kier molecular flexibility index (Phi) is 11.4. The average Bonchev–Trinajstić information content (AvgIpc) is 2.80. The zero-order valence-corrected chi connectivity index (χ0v) is 19.4. The fourth-order valence-electron chi connectivity index (χ4n) is 2.49. The maximum absolute atomic E-state index is 12.9. The summed E-state index contributed by atoms with van der Waals surface area (Å²) >= 11 is 5.79. The quantitative estimate of drug-likeness (QED) is 0.335. The number of rotatable bonds is 9. The van der Waals surface area contributed by atoms with E-state index in [0.29, 0.717) is 34.8 Å². The molecule has 9 heteroatoms. The molecule has 0 aliphatic heterocycles. The van der Waals surface area contributed by atoms with E-state index in [-0.39, 0.29) is 23.8 Å².